The minimum atomic E-state index is -1.03. The summed E-state index contributed by atoms with van der Waals surface area (Å²) in [7, 11) is 0. The standard InChI is InChI=1S/C19H21NO3S2/c1-14(12-15-8-4-2-5-9-15)13-16-18(23)20(19(24)25-16)11-7-3-6-10-17(21)22/h2,4-5,8-9,12-13H,3,6-7,10-11H2,1H3,(H,21,22)/p-1/b14-12-,16-13+. The van der Waals surface area contributed by atoms with Crippen LogP contribution in [0.4, 0.5) is 0 Å². The molecule has 4 nitrogen and oxygen atoms in total. The number of thiocarbonyl (C=S) groups is 1. The zero-order valence-corrected chi connectivity index (χ0v) is 15.7. The van der Waals surface area contributed by atoms with E-state index in [0.29, 0.717) is 22.2 Å². The molecule has 25 heavy (non-hydrogen) atoms. The Bertz CT molecular complexity index is 711. The summed E-state index contributed by atoms with van der Waals surface area (Å²) in [5, 5.41) is 10.4. The van der Waals surface area contributed by atoms with E-state index < -0.39 is 5.97 Å². The third-order valence-electron chi connectivity index (χ3n) is 3.69. The van der Waals surface area contributed by atoms with Gasteiger partial charge in [-0.25, -0.2) is 0 Å². The Labute approximate surface area is 157 Å². The minimum Gasteiger partial charge on any atom is -0.550 e. The lowest BCUT2D eigenvalue weighted by atomic mass is 10.1. The second-order valence-electron chi connectivity index (χ2n) is 5.82. The van der Waals surface area contributed by atoms with E-state index in [1.165, 1.54) is 11.8 Å². The van der Waals surface area contributed by atoms with Crippen LogP contribution in [-0.2, 0) is 9.59 Å². The highest BCUT2D eigenvalue weighted by atomic mass is 32.2. The summed E-state index contributed by atoms with van der Waals surface area (Å²) in [6, 6.07) is 9.92. The Kier molecular flexibility index (Phi) is 7.40. The number of hydrogen-bond donors (Lipinski definition) is 0. The molecule has 0 bridgehead atoms. The first kappa shape index (κ1) is 19.4. The number of unbranched alkanes of at least 4 members (excludes halogenated alkanes) is 2. The Balaban J connectivity index is 1.93. The van der Waals surface area contributed by atoms with Gasteiger partial charge in [0.25, 0.3) is 5.91 Å². The van der Waals surface area contributed by atoms with Crippen LogP contribution in [0, 0.1) is 0 Å². The van der Waals surface area contributed by atoms with Crippen molar-refractivity contribution in [1.82, 2.24) is 4.90 Å². The molecule has 1 saturated heterocycles. The van der Waals surface area contributed by atoms with Crippen molar-refractivity contribution >= 4 is 46.3 Å². The third-order valence-corrected chi connectivity index (χ3v) is 5.07. The predicted molar refractivity (Wildman–Crippen MR) is 104 cm³/mol. The zero-order chi connectivity index (χ0) is 18.2. The fourth-order valence-electron chi connectivity index (χ4n) is 2.47. The first-order valence-electron chi connectivity index (χ1n) is 8.16. The molecule has 0 unspecified atom stereocenters. The van der Waals surface area contributed by atoms with Gasteiger partial charge in [0.15, 0.2) is 0 Å². The van der Waals surface area contributed by atoms with Crippen LogP contribution >= 0.6 is 24.0 Å². The molecule has 6 heteroatoms. The van der Waals surface area contributed by atoms with Crippen molar-refractivity contribution in [1.29, 1.82) is 0 Å². The SMILES string of the molecule is CC(=C/c1ccccc1)/C=C1/SC(=S)N(CCCCCC(=O)[O-])C1=O. The van der Waals surface area contributed by atoms with E-state index in [-0.39, 0.29) is 12.3 Å². The van der Waals surface area contributed by atoms with Gasteiger partial charge in [-0.2, -0.15) is 0 Å². The maximum Gasteiger partial charge on any atom is 0.266 e. The van der Waals surface area contributed by atoms with Gasteiger partial charge >= 0.3 is 0 Å². The van der Waals surface area contributed by atoms with Crippen molar-refractivity contribution in [2.75, 3.05) is 6.54 Å². The molecule has 1 heterocycles. The highest BCUT2D eigenvalue weighted by molar-refractivity contribution is 8.26. The van der Waals surface area contributed by atoms with E-state index in [0.717, 1.165) is 24.0 Å². The van der Waals surface area contributed by atoms with Gasteiger partial charge in [-0.05, 0) is 43.4 Å². The van der Waals surface area contributed by atoms with Crippen molar-refractivity contribution in [2.24, 2.45) is 0 Å². The largest absolute Gasteiger partial charge is 0.550 e. The summed E-state index contributed by atoms with van der Waals surface area (Å²) in [6.45, 7) is 2.48. The normalized spacial score (nSPS) is 16.8. The van der Waals surface area contributed by atoms with E-state index in [2.05, 4.69) is 0 Å². The van der Waals surface area contributed by atoms with Crippen LogP contribution in [0.1, 0.15) is 38.2 Å². The number of carboxylic acid groups (broad SMARTS) is 1. The van der Waals surface area contributed by atoms with Gasteiger partial charge < -0.3 is 9.90 Å². The molecule has 1 aliphatic rings. The predicted octanol–water partition coefficient (Wildman–Crippen LogP) is 3.14. The van der Waals surface area contributed by atoms with Gasteiger partial charge in [-0.15, -0.1) is 0 Å². The van der Waals surface area contributed by atoms with E-state index in [1.807, 2.05) is 49.4 Å². The number of carbonyl (C=O) groups is 2. The highest BCUT2D eigenvalue weighted by Crippen LogP contribution is 2.32. The second kappa shape index (κ2) is 9.53. The van der Waals surface area contributed by atoms with Gasteiger partial charge in [0.2, 0.25) is 0 Å². The number of allylic oxidation sites excluding steroid dienone is 2. The summed E-state index contributed by atoms with van der Waals surface area (Å²) in [6.07, 6.45) is 5.96. The molecule has 1 amide bonds. The van der Waals surface area contributed by atoms with Crippen molar-refractivity contribution in [2.45, 2.75) is 32.6 Å². The first-order chi connectivity index (χ1) is 12.0. The average molecular weight is 375 g/mol. The average Bonchev–Trinajstić information content (AvgIpc) is 2.82. The third kappa shape index (κ3) is 6.14. The quantitative estimate of drug-likeness (QED) is 0.397. The molecule has 0 radical (unpaired) electrons. The van der Waals surface area contributed by atoms with E-state index in [4.69, 9.17) is 12.2 Å². The summed E-state index contributed by atoms with van der Waals surface area (Å²) < 4.78 is 0.559. The van der Waals surface area contributed by atoms with Crippen LogP contribution < -0.4 is 5.11 Å². The maximum atomic E-state index is 12.5. The van der Waals surface area contributed by atoms with E-state index >= 15 is 0 Å². The summed E-state index contributed by atoms with van der Waals surface area (Å²) in [5.74, 6) is -1.11. The van der Waals surface area contributed by atoms with Crippen LogP contribution in [0.2, 0.25) is 0 Å². The number of carbonyl (C=O) groups excluding carboxylic acids is 2. The van der Waals surface area contributed by atoms with Gasteiger partial charge in [-0.3, -0.25) is 9.69 Å². The Morgan fingerprint density at radius 1 is 1.24 bits per heavy atom. The van der Waals surface area contributed by atoms with Crippen LogP contribution in [0.5, 0.6) is 0 Å². The lowest BCUT2D eigenvalue weighted by Gasteiger charge is -2.14. The van der Waals surface area contributed by atoms with Crippen molar-refractivity contribution in [3.63, 3.8) is 0 Å². The number of rotatable bonds is 8. The van der Waals surface area contributed by atoms with Crippen LogP contribution in [0.15, 0.2) is 46.9 Å². The minimum absolute atomic E-state index is 0.0573. The molecule has 132 valence electrons. The maximum absolute atomic E-state index is 12.5. The fourth-order valence-corrected chi connectivity index (χ4v) is 3.83. The molecule has 0 aromatic heterocycles. The number of benzene rings is 1. The number of nitrogens with zero attached hydrogens (tertiary/aromatic N) is 1. The molecule has 0 N–H and O–H groups in total. The summed E-state index contributed by atoms with van der Waals surface area (Å²) >= 11 is 6.61. The zero-order valence-electron chi connectivity index (χ0n) is 14.1. The smallest absolute Gasteiger partial charge is 0.266 e. The lowest BCUT2D eigenvalue weighted by molar-refractivity contribution is -0.305. The lowest BCUT2D eigenvalue weighted by Crippen LogP contribution is -2.29. The highest BCUT2D eigenvalue weighted by Gasteiger charge is 2.31. The van der Waals surface area contributed by atoms with Gasteiger partial charge in [-0.1, -0.05) is 66.8 Å². The first-order valence-corrected chi connectivity index (χ1v) is 9.38. The molecule has 0 aliphatic carbocycles. The number of thioether (sulfide) groups is 1. The number of carboxylic acids is 1. The number of aliphatic carboxylic acids is 1. The molecule has 1 aliphatic heterocycles. The monoisotopic (exact) mass is 374 g/mol. The fraction of sp³-hybridized carbons (Fsp3) is 0.316. The molecule has 1 aromatic carbocycles. The molecule has 0 atom stereocenters. The summed E-state index contributed by atoms with van der Waals surface area (Å²) in [4.78, 5) is 25.1. The number of amides is 1. The number of hydrogen-bond acceptors (Lipinski definition) is 5. The Hall–Kier alpha value is -1.92. The van der Waals surface area contributed by atoms with Gasteiger partial charge in [0, 0.05) is 12.5 Å². The van der Waals surface area contributed by atoms with Crippen LogP contribution in [0.25, 0.3) is 6.08 Å². The van der Waals surface area contributed by atoms with Crippen LogP contribution in [0.3, 0.4) is 0 Å². The van der Waals surface area contributed by atoms with Gasteiger partial charge in [0.1, 0.15) is 4.32 Å². The van der Waals surface area contributed by atoms with E-state index in [1.54, 1.807) is 4.90 Å². The van der Waals surface area contributed by atoms with Crippen molar-refractivity contribution in [3.8, 4) is 0 Å². The van der Waals surface area contributed by atoms with E-state index in [9.17, 15) is 14.7 Å². The molecule has 0 spiro atoms. The molecule has 0 saturated carbocycles. The summed E-state index contributed by atoms with van der Waals surface area (Å²) in [5.41, 5.74) is 2.07. The van der Waals surface area contributed by atoms with Crippen LogP contribution in [-0.4, -0.2) is 27.6 Å². The molecular weight excluding hydrogens is 354 g/mol. The van der Waals surface area contributed by atoms with Crippen molar-refractivity contribution < 1.29 is 14.7 Å². The molecular formula is C19H20NO3S2-. The molecule has 2 rings (SSSR count). The second-order valence-corrected chi connectivity index (χ2v) is 7.49. The van der Waals surface area contributed by atoms with Gasteiger partial charge in [0.05, 0.1) is 4.91 Å². The Morgan fingerprint density at radius 2 is 1.96 bits per heavy atom. The van der Waals surface area contributed by atoms with Crippen molar-refractivity contribution in [3.05, 3.63) is 52.4 Å². The molecule has 1 aromatic rings. The Morgan fingerprint density at radius 3 is 2.64 bits per heavy atom. The molecule has 1 fully saturated rings. The topological polar surface area (TPSA) is 60.4 Å².